The second-order valence-corrected chi connectivity index (χ2v) is 9.44. The molecule has 4 rings (SSSR count). The quantitative estimate of drug-likeness (QED) is 0.513. The predicted octanol–water partition coefficient (Wildman–Crippen LogP) is 4.18. The zero-order chi connectivity index (χ0) is 24.4. The van der Waals surface area contributed by atoms with Crippen LogP contribution in [0.4, 0.5) is 0 Å². The van der Waals surface area contributed by atoms with Gasteiger partial charge in [-0.2, -0.15) is 0 Å². The lowest BCUT2D eigenvalue weighted by Gasteiger charge is -2.38. The van der Waals surface area contributed by atoms with E-state index in [4.69, 9.17) is 14.2 Å². The van der Waals surface area contributed by atoms with Gasteiger partial charge in [-0.3, -0.25) is 9.59 Å². The molecule has 0 bridgehead atoms. The van der Waals surface area contributed by atoms with Gasteiger partial charge in [0.25, 0.3) is 0 Å². The summed E-state index contributed by atoms with van der Waals surface area (Å²) >= 11 is 0. The first kappa shape index (κ1) is 24.0. The van der Waals surface area contributed by atoms with Gasteiger partial charge in [-0.05, 0) is 51.0 Å². The average molecular weight is 468 g/mol. The maximum Gasteiger partial charge on any atom is 0.337 e. The minimum absolute atomic E-state index is 0.125. The van der Waals surface area contributed by atoms with E-state index in [1.54, 1.807) is 7.11 Å². The van der Waals surface area contributed by atoms with Crippen LogP contribution >= 0.6 is 0 Å². The topological polar surface area (TPSA) is 90.9 Å². The molecule has 1 aromatic rings. The Kier molecular flexibility index (Phi) is 7.10. The maximum atomic E-state index is 13.8. The highest BCUT2D eigenvalue weighted by Crippen LogP contribution is 2.47. The summed E-state index contributed by atoms with van der Waals surface area (Å²) < 4.78 is 16.5. The molecular weight excluding hydrogens is 434 g/mol. The van der Waals surface area contributed by atoms with Gasteiger partial charge in [0.1, 0.15) is 17.8 Å². The van der Waals surface area contributed by atoms with Crippen molar-refractivity contribution in [3.05, 3.63) is 52.4 Å². The van der Waals surface area contributed by atoms with Crippen molar-refractivity contribution >= 4 is 17.7 Å². The van der Waals surface area contributed by atoms with Crippen LogP contribution in [0.2, 0.25) is 0 Å². The Bertz CT molecular complexity index is 1050. The van der Waals surface area contributed by atoms with Crippen LogP contribution in [-0.2, 0) is 23.9 Å². The van der Waals surface area contributed by atoms with E-state index < -0.39 is 23.8 Å². The fraction of sp³-hybridized carbons (Fsp3) is 0.519. The molecule has 34 heavy (non-hydrogen) atoms. The molecule has 7 nitrogen and oxygen atoms in total. The van der Waals surface area contributed by atoms with Crippen molar-refractivity contribution in [3.8, 4) is 5.75 Å². The molecule has 1 fully saturated rings. The minimum atomic E-state index is -0.920. The lowest BCUT2D eigenvalue weighted by atomic mass is 9.69. The van der Waals surface area contributed by atoms with Gasteiger partial charge < -0.3 is 19.5 Å². The number of hydrogen-bond donors (Lipinski definition) is 1. The first-order valence-corrected chi connectivity index (χ1v) is 12.0. The van der Waals surface area contributed by atoms with Crippen molar-refractivity contribution in [2.45, 2.75) is 64.4 Å². The van der Waals surface area contributed by atoms with Gasteiger partial charge in [-0.15, -0.1) is 0 Å². The number of benzene rings is 1. The van der Waals surface area contributed by atoms with E-state index in [1.807, 2.05) is 38.1 Å². The summed E-state index contributed by atoms with van der Waals surface area (Å²) in [4.78, 5) is 40.0. The SMILES string of the molecule is COC(=O)[C@@H]1C(=O)C2=C(C[C@@H]1C)NC(C)=C(C(=O)OC1CCCCC1)[C@H]2c1ccccc1OC. The molecular formula is C27H33NO6. The van der Waals surface area contributed by atoms with E-state index in [0.29, 0.717) is 34.6 Å². The first-order chi connectivity index (χ1) is 16.4. The van der Waals surface area contributed by atoms with E-state index >= 15 is 0 Å². The van der Waals surface area contributed by atoms with Crippen LogP contribution in [0.5, 0.6) is 5.75 Å². The number of Topliss-reactive ketones (excluding diaryl/α,β-unsaturated/α-hetero) is 1. The number of hydrogen-bond acceptors (Lipinski definition) is 7. The summed E-state index contributed by atoms with van der Waals surface area (Å²) in [6.07, 6.45) is 5.29. The van der Waals surface area contributed by atoms with E-state index in [2.05, 4.69) is 5.32 Å². The standard InChI is InChI=1S/C27H33NO6/c1-15-14-19-24(25(29)21(15)26(30)33-4)23(18-12-8-9-13-20(18)32-3)22(16(2)28-19)27(31)34-17-10-6-5-7-11-17/h8-9,12-13,15,17,21,23,28H,5-7,10-11,14H2,1-4H3/t15-,21-,23+/m0/s1. The molecule has 1 aromatic carbocycles. The molecule has 1 heterocycles. The van der Waals surface area contributed by atoms with Gasteiger partial charge >= 0.3 is 11.9 Å². The van der Waals surface area contributed by atoms with Crippen LogP contribution in [0.15, 0.2) is 46.8 Å². The molecule has 182 valence electrons. The van der Waals surface area contributed by atoms with Crippen LogP contribution in [0.3, 0.4) is 0 Å². The summed E-state index contributed by atoms with van der Waals surface area (Å²) in [5, 5.41) is 3.31. The summed E-state index contributed by atoms with van der Waals surface area (Å²) in [5.74, 6) is -2.58. The molecule has 0 radical (unpaired) electrons. The number of nitrogens with one attached hydrogen (secondary N) is 1. The number of rotatable bonds is 5. The third kappa shape index (κ3) is 4.36. The van der Waals surface area contributed by atoms with Crippen LogP contribution < -0.4 is 10.1 Å². The van der Waals surface area contributed by atoms with Gasteiger partial charge in [-0.25, -0.2) is 4.79 Å². The Balaban J connectivity index is 1.82. The molecule has 0 spiro atoms. The van der Waals surface area contributed by atoms with Gasteiger partial charge in [0.2, 0.25) is 0 Å². The lowest BCUT2D eigenvalue weighted by Crippen LogP contribution is -2.43. The Morgan fingerprint density at radius 3 is 2.44 bits per heavy atom. The van der Waals surface area contributed by atoms with Crippen molar-refractivity contribution in [3.63, 3.8) is 0 Å². The van der Waals surface area contributed by atoms with E-state index in [9.17, 15) is 14.4 Å². The normalized spacial score (nSPS) is 25.4. The molecule has 1 N–H and O–H groups in total. The number of carbonyl (C=O) groups excluding carboxylic acids is 3. The number of carbonyl (C=O) groups is 3. The average Bonchev–Trinajstić information content (AvgIpc) is 2.83. The summed E-state index contributed by atoms with van der Waals surface area (Å²) in [6, 6.07) is 7.37. The summed E-state index contributed by atoms with van der Waals surface area (Å²) in [7, 11) is 2.86. The fourth-order valence-corrected chi connectivity index (χ4v) is 5.56. The number of dihydropyridines is 1. The Labute approximate surface area is 200 Å². The second kappa shape index (κ2) is 10.0. The molecule has 3 aliphatic rings. The molecule has 0 aromatic heterocycles. The highest BCUT2D eigenvalue weighted by molar-refractivity contribution is 6.12. The number of ketones is 1. The molecule has 1 aliphatic heterocycles. The molecule has 0 amide bonds. The molecule has 0 unspecified atom stereocenters. The molecule has 0 saturated heterocycles. The van der Waals surface area contributed by atoms with Crippen molar-refractivity contribution in [1.82, 2.24) is 5.32 Å². The fourth-order valence-electron chi connectivity index (χ4n) is 5.56. The Morgan fingerprint density at radius 2 is 1.76 bits per heavy atom. The lowest BCUT2D eigenvalue weighted by molar-refractivity contribution is -0.151. The number of methoxy groups -OCH3 is 2. The van der Waals surface area contributed by atoms with Gasteiger partial charge in [0.05, 0.1) is 25.7 Å². The van der Waals surface area contributed by atoms with Crippen molar-refractivity contribution < 1.29 is 28.6 Å². The molecule has 1 saturated carbocycles. The van der Waals surface area contributed by atoms with Crippen LogP contribution in [0.1, 0.15) is 63.9 Å². The van der Waals surface area contributed by atoms with Crippen molar-refractivity contribution in [1.29, 1.82) is 0 Å². The van der Waals surface area contributed by atoms with Crippen LogP contribution in [0.25, 0.3) is 0 Å². The minimum Gasteiger partial charge on any atom is -0.496 e. The van der Waals surface area contributed by atoms with Gasteiger partial charge in [-0.1, -0.05) is 31.5 Å². The van der Waals surface area contributed by atoms with Gasteiger partial charge in [0, 0.05) is 22.5 Å². The number of allylic oxidation sites excluding steroid dienone is 3. The third-order valence-corrected chi connectivity index (χ3v) is 7.24. The number of para-hydroxylation sites is 1. The number of ether oxygens (including phenoxy) is 3. The monoisotopic (exact) mass is 467 g/mol. The summed E-state index contributed by atoms with van der Waals surface area (Å²) in [5.41, 5.74) is 2.90. The Hall–Kier alpha value is -3.09. The van der Waals surface area contributed by atoms with Crippen LogP contribution in [-0.4, -0.2) is 38.0 Å². The highest BCUT2D eigenvalue weighted by Gasteiger charge is 2.48. The molecule has 2 aliphatic carbocycles. The van der Waals surface area contributed by atoms with Crippen molar-refractivity contribution in [2.24, 2.45) is 11.8 Å². The van der Waals surface area contributed by atoms with Gasteiger partial charge in [0.15, 0.2) is 5.78 Å². The zero-order valence-electron chi connectivity index (χ0n) is 20.3. The van der Waals surface area contributed by atoms with E-state index in [0.717, 1.165) is 37.8 Å². The smallest absolute Gasteiger partial charge is 0.337 e. The van der Waals surface area contributed by atoms with E-state index in [1.165, 1.54) is 7.11 Å². The highest BCUT2D eigenvalue weighted by atomic mass is 16.5. The second-order valence-electron chi connectivity index (χ2n) is 9.44. The first-order valence-electron chi connectivity index (χ1n) is 12.0. The Morgan fingerprint density at radius 1 is 1.06 bits per heavy atom. The van der Waals surface area contributed by atoms with E-state index in [-0.39, 0.29) is 17.8 Å². The number of esters is 2. The van der Waals surface area contributed by atoms with Crippen molar-refractivity contribution in [2.75, 3.05) is 14.2 Å². The summed E-state index contributed by atoms with van der Waals surface area (Å²) in [6.45, 7) is 3.71. The zero-order valence-corrected chi connectivity index (χ0v) is 20.3. The van der Waals surface area contributed by atoms with Crippen LogP contribution in [0, 0.1) is 11.8 Å². The molecule has 3 atom stereocenters. The predicted molar refractivity (Wildman–Crippen MR) is 126 cm³/mol. The largest absolute Gasteiger partial charge is 0.496 e. The third-order valence-electron chi connectivity index (χ3n) is 7.24. The molecule has 7 heteroatoms. The maximum absolute atomic E-state index is 13.8.